The molecule has 1 heterocycles. The molecule has 1 aromatic carbocycles. The fourth-order valence-corrected chi connectivity index (χ4v) is 2.98. The number of nitrogens with zero attached hydrogens (tertiary/aromatic N) is 1. The van der Waals surface area contributed by atoms with Crippen molar-refractivity contribution in [1.82, 2.24) is 4.90 Å². The third kappa shape index (κ3) is 3.58. The van der Waals surface area contributed by atoms with Gasteiger partial charge in [-0.15, -0.1) is 0 Å². The molecule has 0 radical (unpaired) electrons. The highest BCUT2D eigenvalue weighted by molar-refractivity contribution is 5.25. The van der Waals surface area contributed by atoms with Crippen LogP contribution >= 0.6 is 0 Å². The summed E-state index contributed by atoms with van der Waals surface area (Å²) in [5.74, 6) is 0. The smallest absolute Gasteiger partial charge is 0.0936 e. The monoisotopic (exact) mass is 278 g/mol. The molecular formula is C16H26N2O2. The van der Waals surface area contributed by atoms with Crippen LogP contribution in [0.2, 0.25) is 0 Å². The van der Waals surface area contributed by atoms with Gasteiger partial charge in [-0.2, -0.15) is 0 Å². The predicted molar refractivity (Wildman–Crippen MR) is 80.7 cm³/mol. The van der Waals surface area contributed by atoms with Crippen LogP contribution in [0.25, 0.3) is 0 Å². The van der Waals surface area contributed by atoms with Gasteiger partial charge in [0.15, 0.2) is 0 Å². The fourth-order valence-electron chi connectivity index (χ4n) is 2.98. The Morgan fingerprint density at radius 2 is 2.05 bits per heavy atom. The molecule has 1 aromatic rings. The molecular weight excluding hydrogens is 252 g/mol. The van der Waals surface area contributed by atoms with Crippen LogP contribution in [0, 0.1) is 0 Å². The van der Waals surface area contributed by atoms with Gasteiger partial charge >= 0.3 is 0 Å². The van der Waals surface area contributed by atoms with Crippen molar-refractivity contribution in [3.63, 3.8) is 0 Å². The van der Waals surface area contributed by atoms with Gasteiger partial charge in [-0.05, 0) is 12.5 Å². The second kappa shape index (κ2) is 6.68. The van der Waals surface area contributed by atoms with Gasteiger partial charge in [0.1, 0.15) is 0 Å². The molecule has 3 unspecified atom stereocenters. The highest BCUT2D eigenvalue weighted by atomic mass is 16.5. The number of rotatable bonds is 5. The zero-order valence-electron chi connectivity index (χ0n) is 12.5. The summed E-state index contributed by atoms with van der Waals surface area (Å²) in [7, 11) is 0. The summed E-state index contributed by atoms with van der Waals surface area (Å²) >= 11 is 0. The van der Waals surface area contributed by atoms with Crippen LogP contribution in [0.3, 0.4) is 0 Å². The first-order valence-corrected chi connectivity index (χ1v) is 7.31. The van der Waals surface area contributed by atoms with Gasteiger partial charge in [-0.1, -0.05) is 37.3 Å². The Hall–Kier alpha value is -0.940. The Morgan fingerprint density at radius 1 is 1.35 bits per heavy atom. The maximum absolute atomic E-state index is 9.32. The summed E-state index contributed by atoms with van der Waals surface area (Å²) in [6.07, 6.45) is 0.0650. The molecule has 0 aromatic heterocycles. The summed E-state index contributed by atoms with van der Waals surface area (Å²) in [5, 5.41) is 9.32. The van der Waals surface area contributed by atoms with E-state index in [4.69, 9.17) is 10.5 Å². The molecule has 0 bridgehead atoms. The summed E-state index contributed by atoms with van der Waals surface area (Å²) in [6, 6.07) is 10.4. The highest BCUT2D eigenvalue weighted by Crippen LogP contribution is 2.25. The number of benzene rings is 1. The highest BCUT2D eigenvalue weighted by Gasteiger charge is 2.32. The molecule has 1 aliphatic rings. The summed E-state index contributed by atoms with van der Waals surface area (Å²) in [4.78, 5) is 2.36. The third-order valence-electron chi connectivity index (χ3n) is 4.10. The van der Waals surface area contributed by atoms with Crippen LogP contribution in [-0.4, -0.2) is 55.0 Å². The van der Waals surface area contributed by atoms with Gasteiger partial charge < -0.3 is 15.6 Å². The van der Waals surface area contributed by atoms with Gasteiger partial charge in [0, 0.05) is 31.6 Å². The quantitative estimate of drug-likeness (QED) is 0.843. The number of morpholine rings is 1. The molecule has 1 saturated heterocycles. The van der Waals surface area contributed by atoms with Crippen molar-refractivity contribution in [1.29, 1.82) is 0 Å². The zero-order valence-corrected chi connectivity index (χ0v) is 12.5. The summed E-state index contributed by atoms with van der Waals surface area (Å²) in [5.41, 5.74) is 7.25. The second-order valence-corrected chi connectivity index (χ2v) is 6.08. The minimum Gasteiger partial charge on any atom is -0.394 e. The van der Waals surface area contributed by atoms with E-state index in [2.05, 4.69) is 43.0 Å². The summed E-state index contributed by atoms with van der Waals surface area (Å²) < 4.78 is 5.70. The SMILES string of the molecule is CC1CN(CC(C)(CN)c2ccccc2)CC(CO)O1. The topological polar surface area (TPSA) is 58.7 Å². The van der Waals surface area contributed by atoms with Gasteiger partial charge in [0.25, 0.3) is 0 Å². The maximum atomic E-state index is 9.32. The molecule has 1 fully saturated rings. The molecule has 20 heavy (non-hydrogen) atoms. The van der Waals surface area contributed by atoms with Crippen molar-refractivity contribution in [3.8, 4) is 0 Å². The van der Waals surface area contributed by atoms with Crippen molar-refractivity contribution in [2.45, 2.75) is 31.5 Å². The lowest BCUT2D eigenvalue weighted by atomic mass is 9.81. The summed E-state index contributed by atoms with van der Waals surface area (Å²) in [6.45, 7) is 7.48. The van der Waals surface area contributed by atoms with E-state index in [1.54, 1.807) is 0 Å². The first kappa shape index (κ1) is 15.4. The lowest BCUT2D eigenvalue weighted by molar-refractivity contribution is -0.0984. The lowest BCUT2D eigenvalue weighted by Gasteiger charge is -2.41. The second-order valence-electron chi connectivity index (χ2n) is 6.08. The lowest BCUT2D eigenvalue weighted by Crippen LogP contribution is -2.53. The number of aliphatic hydroxyl groups is 1. The Kier molecular flexibility index (Phi) is 5.16. The van der Waals surface area contributed by atoms with Crippen LogP contribution < -0.4 is 5.73 Å². The molecule has 2 rings (SSSR count). The van der Waals surface area contributed by atoms with Gasteiger partial charge in [-0.25, -0.2) is 0 Å². The Labute approximate surface area is 121 Å². The Bertz CT molecular complexity index is 412. The van der Waals surface area contributed by atoms with Crippen LogP contribution in [0.4, 0.5) is 0 Å². The fraction of sp³-hybridized carbons (Fsp3) is 0.625. The van der Waals surface area contributed by atoms with E-state index in [0.717, 1.165) is 19.6 Å². The van der Waals surface area contributed by atoms with Gasteiger partial charge in [0.05, 0.1) is 18.8 Å². The molecule has 0 spiro atoms. The molecule has 3 N–H and O–H groups in total. The number of ether oxygens (including phenoxy) is 1. The number of hydrogen-bond acceptors (Lipinski definition) is 4. The molecule has 112 valence electrons. The molecule has 0 aliphatic carbocycles. The van der Waals surface area contributed by atoms with E-state index in [-0.39, 0.29) is 24.2 Å². The van der Waals surface area contributed by atoms with Crippen LogP contribution in [-0.2, 0) is 10.2 Å². The van der Waals surface area contributed by atoms with E-state index >= 15 is 0 Å². The van der Waals surface area contributed by atoms with Crippen molar-refractivity contribution in [3.05, 3.63) is 35.9 Å². The Morgan fingerprint density at radius 3 is 2.65 bits per heavy atom. The van der Waals surface area contributed by atoms with Crippen molar-refractivity contribution < 1.29 is 9.84 Å². The van der Waals surface area contributed by atoms with E-state index in [9.17, 15) is 5.11 Å². The minimum atomic E-state index is -0.0865. The average Bonchev–Trinajstić information content (AvgIpc) is 2.47. The molecule has 3 atom stereocenters. The maximum Gasteiger partial charge on any atom is 0.0936 e. The average molecular weight is 278 g/mol. The largest absolute Gasteiger partial charge is 0.394 e. The van der Waals surface area contributed by atoms with E-state index in [1.807, 2.05) is 6.07 Å². The van der Waals surface area contributed by atoms with E-state index in [1.165, 1.54) is 5.56 Å². The number of aliphatic hydroxyl groups excluding tert-OH is 1. The zero-order chi connectivity index (χ0) is 14.6. The third-order valence-corrected chi connectivity index (χ3v) is 4.10. The Balaban J connectivity index is 2.09. The normalized spacial score (nSPS) is 27.2. The molecule has 0 amide bonds. The van der Waals surface area contributed by atoms with Gasteiger partial charge in [0.2, 0.25) is 0 Å². The van der Waals surface area contributed by atoms with Crippen molar-refractivity contribution in [2.24, 2.45) is 5.73 Å². The first-order valence-electron chi connectivity index (χ1n) is 7.31. The molecule has 0 saturated carbocycles. The van der Waals surface area contributed by atoms with E-state index < -0.39 is 0 Å². The van der Waals surface area contributed by atoms with Crippen LogP contribution in [0.15, 0.2) is 30.3 Å². The first-order chi connectivity index (χ1) is 9.57. The van der Waals surface area contributed by atoms with Crippen molar-refractivity contribution in [2.75, 3.05) is 32.8 Å². The molecule has 4 nitrogen and oxygen atoms in total. The molecule has 1 aliphatic heterocycles. The van der Waals surface area contributed by atoms with Crippen LogP contribution in [0.5, 0.6) is 0 Å². The molecule has 4 heteroatoms. The minimum absolute atomic E-state index is 0.0711. The van der Waals surface area contributed by atoms with E-state index in [0.29, 0.717) is 6.54 Å². The van der Waals surface area contributed by atoms with Gasteiger partial charge in [-0.3, -0.25) is 4.90 Å². The number of hydrogen-bond donors (Lipinski definition) is 2. The number of nitrogens with two attached hydrogens (primary N) is 1. The van der Waals surface area contributed by atoms with Crippen LogP contribution in [0.1, 0.15) is 19.4 Å². The standard InChI is InChI=1S/C16H26N2O2/c1-13-8-18(9-15(10-19)20-13)12-16(2,11-17)14-6-4-3-5-7-14/h3-7,13,15,19H,8-12,17H2,1-2H3. The van der Waals surface area contributed by atoms with Crippen molar-refractivity contribution >= 4 is 0 Å². The predicted octanol–water partition coefficient (Wildman–Crippen LogP) is 0.985.